The summed E-state index contributed by atoms with van der Waals surface area (Å²) in [5.74, 6) is 1.83. The van der Waals surface area contributed by atoms with E-state index in [9.17, 15) is 4.79 Å². The lowest BCUT2D eigenvalue weighted by Crippen LogP contribution is -2.32. The second-order valence-electron chi connectivity index (χ2n) is 6.40. The van der Waals surface area contributed by atoms with Crippen LogP contribution >= 0.6 is 0 Å². The molecule has 3 aromatic rings. The van der Waals surface area contributed by atoms with Crippen molar-refractivity contribution in [1.29, 1.82) is 0 Å². The third-order valence-corrected chi connectivity index (χ3v) is 4.30. The van der Waals surface area contributed by atoms with Crippen LogP contribution < -0.4 is 14.8 Å². The molecule has 2 aromatic carbocycles. The van der Waals surface area contributed by atoms with Gasteiger partial charge in [-0.1, -0.05) is 26.0 Å². The minimum Gasteiger partial charge on any atom is -0.493 e. The van der Waals surface area contributed by atoms with Crippen LogP contribution in [0.4, 0.5) is 0 Å². The summed E-state index contributed by atoms with van der Waals surface area (Å²) in [6.45, 7) is 4.10. The lowest BCUT2D eigenvalue weighted by atomic mass is 10.0. The Kier molecular flexibility index (Phi) is 5.11. The molecule has 2 N–H and O–H groups in total. The van der Waals surface area contributed by atoms with Crippen LogP contribution in [0.2, 0.25) is 0 Å². The molecule has 136 valence electrons. The Bertz CT molecular complexity index is 885. The minimum absolute atomic E-state index is 0.166. The Morgan fingerprint density at radius 2 is 1.81 bits per heavy atom. The number of carbonyl (C=O) groups is 1. The highest BCUT2D eigenvalue weighted by molar-refractivity contribution is 5.95. The number of amides is 1. The molecule has 0 saturated heterocycles. The van der Waals surface area contributed by atoms with E-state index in [-0.39, 0.29) is 17.9 Å². The smallest absolute Gasteiger partial charge is 0.252 e. The van der Waals surface area contributed by atoms with E-state index < -0.39 is 0 Å². The maximum atomic E-state index is 12.8. The quantitative estimate of drug-likeness (QED) is 0.708. The van der Waals surface area contributed by atoms with Crippen LogP contribution in [-0.2, 0) is 0 Å². The number of aromatic nitrogens is 2. The van der Waals surface area contributed by atoms with Crippen molar-refractivity contribution in [3.8, 4) is 11.5 Å². The molecular formula is C20H23N3O3. The van der Waals surface area contributed by atoms with Gasteiger partial charge in [-0.05, 0) is 36.2 Å². The summed E-state index contributed by atoms with van der Waals surface area (Å²) in [7, 11) is 3.11. The predicted molar refractivity (Wildman–Crippen MR) is 101 cm³/mol. The molecule has 3 rings (SSSR count). The van der Waals surface area contributed by atoms with E-state index in [0.717, 1.165) is 16.9 Å². The fraction of sp³-hybridized carbons (Fsp3) is 0.300. The number of methoxy groups -OCH3 is 2. The minimum atomic E-state index is -0.233. The number of nitrogens with zero attached hydrogens (tertiary/aromatic N) is 1. The van der Waals surface area contributed by atoms with Crippen molar-refractivity contribution in [3.63, 3.8) is 0 Å². The molecule has 6 nitrogen and oxygen atoms in total. The maximum Gasteiger partial charge on any atom is 0.252 e. The number of nitrogens with one attached hydrogen (secondary N) is 2. The van der Waals surface area contributed by atoms with Gasteiger partial charge in [0, 0.05) is 5.56 Å². The highest BCUT2D eigenvalue weighted by atomic mass is 16.5. The summed E-state index contributed by atoms with van der Waals surface area (Å²) in [6, 6.07) is 12.7. The van der Waals surface area contributed by atoms with Gasteiger partial charge in [0.1, 0.15) is 5.82 Å². The van der Waals surface area contributed by atoms with E-state index in [2.05, 4.69) is 15.3 Å². The van der Waals surface area contributed by atoms with Crippen molar-refractivity contribution in [2.75, 3.05) is 14.2 Å². The van der Waals surface area contributed by atoms with E-state index in [1.807, 2.05) is 38.1 Å². The van der Waals surface area contributed by atoms with E-state index >= 15 is 0 Å². The highest BCUT2D eigenvalue weighted by Gasteiger charge is 2.23. The van der Waals surface area contributed by atoms with Crippen LogP contribution in [0, 0.1) is 5.92 Å². The second kappa shape index (κ2) is 7.47. The molecule has 1 heterocycles. The normalized spacial score (nSPS) is 12.2. The zero-order valence-electron chi connectivity index (χ0n) is 15.4. The predicted octanol–water partition coefficient (Wildman–Crippen LogP) is 3.71. The Labute approximate surface area is 152 Å². The first kappa shape index (κ1) is 17.8. The molecule has 1 atom stereocenters. The van der Waals surface area contributed by atoms with Gasteiger partial charge in [0.15, 0.2) is 11.5 Å². The zero-order valence-corrected chi connectivity index (χ0v) is 15.4. The largest absolute Gasteiger partial charge is 0.493 e. The third-order valence-electron chi connectivity index (χ3n) is 4.30. The van der Waals surface area contributed by atoms with Gasteiger partial charge in [0.2, 0.25) is 0 Å². The summed E-state index contributed by atoms with van der Waals surface area (Å²) < 4.78 is 10.5. The average molecular weight is 353 g/mol. The van der Waals surface area contributed by atoms with E-state index in [0.29, 0.717) is 17.1 Å². The number of rotatable bonds is 6. The van der Waals surface area contributed by atoms with Gasteiger partial charge in [-0.2, -0.15) is 0 Å². The first-order chi connectivity index (χ1) is 12.5. The van der Waals surface area contributed by atoms with Crippen LogP contribution in [0.3, 0.4) is 0 Å². The summed E-state index contributed by atoms with van der Waals surface area (Å²) in [5.41, 5.74) is 2.34. The highest BCUT2D eigenvalue weighted by Crippen LogP contribution is 2.28. The molecule has 0 fully saturated rings. The second-order valence-corrected chi connectivity index (χ2v) is 6.40. The van der Waals surface area contributed by atoms with Crippen molar-refractivity contribution in [3.05, 3.63) is 53.9 Å². The Morgan fingerprint density at radius 3 is 2.46 bits per heavy atom. The summed E-state index contributed by atoms with van der Waals surface area (Å²) in [5, 5.41) is 3.07. The van der Waals surface area contributed by atoms with Crippen molar-refractivity contribution in [2.45, 2.75) is 19.9 Å². The number of carbonyl (C=O) groups excluding carboxylic acids is 1. The van der Waals surface area contributed by atoms with Crippen molar-refractivity contribution in [1.82, 2.24) is 15.3 Å². The standard InChI is InChI=1S/C20H23N3O3/c1-12(2)18(19-21-14-7-5-6-8-15(14)22-19)23-20(24)13-9-10-16(25-3)17(11-13)26-4/h5-12,18H,1-4H3,(H,21,22)(H,23,24)/t18-/m1/s1. The molecule has 0 unspecified atom stereocenters. The topological polar surface area (TPSA) is 76.2 Å². The molecule has 0 aliphatic rings. The first-order valence-electron chi connectivity index (χ1n) is 8.51. The van der Waals surface area contributed by atoms with E-state index in [4.69, 9.17) is 9.47 Å². The lowest BCUT2D eigenvalue weighted by Gasteiger charge is -2.20. The SMILES string of the molecule is COc1ccc(C(=O)N[C@@H](c2nc3ccccc3[nH]2)C(C)C)cc1OC. The Hall–Kier alpha value is -3.02. The molecule has 0 aliphatic heterocycles. The number of aromatic amines is 1. The van der Waals surface area contributed by atoms with Gasteiger partial charge in [-0.25, -0.2) is 4.98 Å². The lowest BCUT2D eigenvalue weighted by molar-refractivity contribution is 0.0923. The molecule has 0 radical (unpaired) electrons. The Balaban J connectivity index is 1.87. The fourth-order valence-electron chi connectivity index (χ4n) is 2.87. The van der Waals surface area contributed by atoms with E-state index in [1.165, 1.54) is 0 Å². The van der Waals surface area contributed by atoms with Gasteiger partial charge in [0.25, 0.3) is 5.91 Å². The number of para-hydroxylation sites is 2. The number of ether oxygens (including phenoxy) is 2. The number of H-pyrrole nitrogens is 1. The van der Waals surface area contributed by atoms with Crippen LogP contribution in [0.1, 0.15) is 36.1 Å². The summed E-state index contributed by atoms with van der Waals surface area (Å²) >= 11 is 0. The molecule has 26 heavy (non-hydrogen) atoms. The molecule has 0 bridgehead atoms. The van der Waals surface area contributed by atoms with Crippen LogP contribution in [0.5, 0.6) is 11.5 Å². The van der Waals surface area contributed by atoms with E-state index in [1.54, 1.807) is 32.4 Å². The van der Waals surface area contributed by atoms with Gasteiger partial charge >= 0.3 is 0 Å². The van der Waals surface area contributed by atoms with Crippen molar-refractivity contribution in [2.24, 2.45) is 5.92 Å². The fourth-order valence-corrected chi connectivity index (χ4v) is 2.87. The molecule has 0 spiro atoms. The van der Waals surface area contributed by atoms with Crippen molar-refractivity contribution >= 4 is 16.9 Å². The molecule has 6 heteroatoms. The van der Waals surface area contributed by atoms with Crippen LogP contribution in [0.15, 0.2) is 42.5 Å². The first-order valence-corrected chi connectivity index (χ1v) is 8.51. The number of hydrogen-bond acceptors (Lipinski definition) is 4. The van der Waals surface area contributed by atoms with Gasteiger partial charge in [-0.3, -0.25) is 4.79 Å². The number of fused-ring (bicyclic) bond motifs is 1. The summed E-state index contributed by atoms with van der Waals surface area (Å²) in [4.78, 5) is 20.7. The van der Waals surface area contributed by atoms with Crippen LogP contribution in [0.25, 0.3) is 11.0 Å². The average Bonchev–Trinajstić information content (AvgIpc) is 3.08. The Morgan fingerprint density at radius 1 is 1.08 bits per heavy atom. The maximum absolute atomic E-state index is 12.8. The van der Waals surface area contributed by atoms with Gasteiger partial charge in [0.05, 0.1) is 31.3 Å². The van der Waals surface area contributed by atoms with Crippen LogP contribution in [-0.4, -0.2) is 30.1 Å². The monoisotopic (exact) mass is 353 g/mol. The van der Waals surface area contributed by atoms with Gasteiger partial charge < -0.3 is 19.8 Å². The third kappa shape index (κ3) is 3.49. The number of benzene rings is 2. The zero-order chi connectivity index (χ0) is 18.7. The number of imidazole rings is 1. The van der Waals surface area contributed by atoms with Gasteiger partial charge in [-0.15, -0.1) is 0 Å². The molecule has 1 aromatic heterocycles. The van der Waals surface area contributed by atoms with Crippen molar-refractivity contribution < 1.29 is 14.3 Å². The summed E-state index contributed by atoms with van der Waals surface area (Å²) in [6.07, 6.45) is 0. The molecule has 1 amide bonds. The molecule has 0 saturated carbocycles. The molecule has 0 aliphatic carbocycles. The number of hydrogen-bond donors (Lipinski definition) is 2. The molecular weight excluding hydrogens is 330 g/mol.